The van der Waals surface area contributed by atoms with Crippen LogP contribution in [0, 0.1) is 11.3 Å². The lowest BCUT2D eigenvalue weighted by molar-refractivity contribution is -0.143. The molecule has 4 atom stereocenters. The summed E-state index contributed by atoms with van der Waals surface area (Å²) >= 11 is 13.5. The minimum atomic E-state index is -4.13. The van der Waals surface area contributed by atoms with Crippen LogP contribution in [0.25, 0.3) is 10.1 Å². The summed E-state index contributed by atoms with van der Waals surface area (Å²) < 4.78 is 30.2. The minimum Gasteiger partial charge on any atom is -0.339 e. The van der Waals surface area contributed by atoms with Gasteiger partial charge in [0.2, 0.25) is 21.8 Å². The van der Waals surface area contributed by atoms with Gasteiger partial charge < -0.3 is 15.1 Å². The van der Waals surface area contributed by atoms with E-state index in [1.54, 1.807) is 9.80 Å². The van der Waals surface area contributed by atoms with Gasteiger partial charge >= 0.3 is 0 Å². The summed E-state index contributed by atoms with van der Waals surface area (Å²) in [5, 5.41) is 4.24. The molecule has 2 N–H and O–H groups in total. The Kier molecular flexibility index (Phi) is 9.60. The van der Waals surface area contributed by atoms with Crippen molar-refractivity contribution in [3.05, 3.63) is 63.5 Å². The van der Waals surface area contributed by atoms with Crippen molar-refractivity contribution in [3.63, 3.8) is 0 Å². The zero-order valence-electron chi connectivity index (χ0n) is 25.8. The van der Waals surface area contributed by atoms with Gasteiger partial charge in [0.05, 0.1) is 22.0 Å². The molecule has 0 aliphatic carbocycles. The van der Waals surface area contributed by atoms with E-state index in [1.807, 2.05) is 65.0 Å². The topological polar surface area (TPSA) is 116 Å². The maximum Gasteiger partial charge on any atom is 0.262 e. The number of hydrogen-bond acceptors (Lipinski definition) is 6. The molecule has 242 valence electrons. The Labute approximate surface area is 278 Å². The molecule has 1 unspecified atom stereocenters. The molecular weight excluding hydrogens is 655 g/mol. The second-order valence-corrected chi connectivity index (χ2v) is 16.9. The van der Waals surface area contributed by atoms with Crippen LogP contribution in [0.15, 0.2) is 53.4 Å². The normalized spacial score (nSPS) is 19.7. The van der Waals surface area contributed by atoms with Crippen LogP contribution in [0.4, 0.5) is 0 Å². The Balaban J connectivity index is 1.29. The van der Waals surface area contributed by atoms with Crippen LogP contribution in [-0.2, 0) is 19.6 Å². The predicted octanol–water partition coefficient (Wildman–Crippen LogP) is 5.56. The van der Waals surface area contributed by atoms with Gasteiger partial charge in [0.15, 0.2) is 0 Å². The van der Waals surface area contributed by atoms with Crippen molar-refractivity contribution >= 4 is 72.4 Å². The molecule has 2 aliphatic rings. The maximum absolute atomic E-state index is 14.0. The number of likely N-dealkylation sites (tertiary alicyclic amines) is 2. The number of amides is 3. The Morgan fingerprint density at radius 1 is 0.978 bits per heavy atom. The highest BCUT2D eigenvalue weighted by atomic mass is 35.5. The molecule has 2 bridgehead atoms. The second kappa shape index (κ2) is 12.8. The Morgan fingerprint density at radius 2 is 1.62 bits per heavy atom. The van der Waals surface area contributed by atoms with Crippen LogP contribution in [0.5, 0.6) is 0 Å². The van der Waals surface area contributed by atoms with Gasteiger partial charge in [-0.2, -0.15) is 4.72 Å². The average molecular weight is 694 g/mol. The van der Waals surface area contributed by atoms with E-state index in [0.717, 1.165) is 10.1 Å². The smallest absolute Gasteiger partial charge is 0.262 e. The Bertz CT molecular complexity index is 1700. The summed E-state index contributed by atoms with van der Waals surface area (Å²) in [4.78, 5) is 45.0. The molecule has 0 radical (unpaired) electrons. The standard InChI is InChI=1S/C32H38Cl2N4O5S2/c1-18(2)12-24(36-45(42,43)27-11-10-20(33)14-23(27)34)30(40)37-16-22-15-21(37)17-38(22)31(41)28(32(3,4)5)35-29(39)26-13-19-8-6-7-9-25(19)44-26/h6-11,13-14,18,21-22,24,28,36H,12,15-17H2,1-5H3,(H,35,39)/t21-,22-,24-,28?/m0/s1. The molecule has 2 saturated heterocycles. The third kappa shape index (κ3) is 7.17. The van der Waals surface area contributed by atoms with Gasteiger partial charge in [-0.3, -0.25) is 14.4 Å². The summed E-state index contributed by atoms with van der Waals surface area (Å²) in [5.41, 5.74) is -0.565. The van der Waals surface area contributed by atoms with Gasteiger partial charge in [-0.1, -0.05) is 76.0 Å². The highest BCUT2D eigenvalue weighted by Gasteiger charge is 2.51. The molecule has 5 rings (SSSR count). The van der Waals surface area contributed by atoms with E-state index in [2.05, 4.69) is 10.0 Å². The molecule has 2 aliphatic heterocycles. The minimum absolute atomic E-state index is 0.0253. The molecule has 3 heterocycles. The van der Waals surface area contributed by atoms with Gasteiger partial charge in [-0.15, -0.1) is 11.3 Å². The van der Waals surface area contributed by atoms with Gasteiger partial charge in [0, 0.05) is 22.8 Å². The number of carbonyl (C=O) groups is 3. The zero-order chi connectivity index (χ0) is 32.8. The summed E-state index contributed by atoms with van der Waals surface area (Å²) in [6, 6.07) is 11.4. The number of hydrogen-bond donors (Lipinski definition) is 2. The number of thiophene rings is 1. The third-order valence-corrected chi connectivity index (χ3v) is 11.6. The quantitative estimate of drug-likeness (QED) is 0.305. The first-order chi connectivity index (χ1) is 21.0. The lowest BCUT2D eigenvalue weighted by Crippen LogP contribution is -2.60. The van der Waals surface area contributed by atoms with Crippen LogP contribution in [-0.4, -0.2) is 73.2 Å². The van der Waals surface area contributed by atoms with Crippen LogP contribution < -0.4 is 10.0 Å². The second-order valence-electron chi connectivity index (χ2n) is 13.3. The van der Waals surface area contributed by atoms with Crippen molar-refractivity contribution in [2.24, 2.45) is 11.3 Å². The molecule has 45 heavy (non-hydrogen) atoms. The van der Waals surface area contributed by atoms with E-state index in [1.165, 1.54) is 29.5 Å². The molecule has 1 aromatic heterocycles. The molecule has 0 saturated carbocycles. The van der Waals surface area contributed by atoms with E-state index < -0.39 is 27.5 Å². The van der Waals surface area contributed by atoms with Crippen molar-refractivity contribution in [2.45, 2.75) is 76.5 Å². The number of fused-ring (bicyclic) bond motifs is 3. The number of nitrogens with zero attached hydrogens (tertiary/aromatic N) is 2. The van der Waals surface area contributed by atoms with E-state index in [4.69, 9.17) is 23.2 Å². The molecule has 13 heteroatoms. The summed E-state index contributed by atoms with van der Waals surface area (Å²) in [6.07, 6.45) is 0.873. The maximum atomic E-state index is 14.0. The van der Waals surface area contributed by atoms with E-state index >= 15 is 0 Å². The van der Waals surface area contributed by atoms with Crippen LogP contribution >= 0.6 is 34.5 Å². The lowest BCUT2D eigenvalue weighted by Gasteiger charge is -2.40. The molecule has 2 aromatic carbocycles. The SMILES string of the molecule is CC(C)C[C@H](NS(=O)(=O)c1ccc(Cl)cc1Cl)C(=O)N1C[C@@H]2C[C@H]1CN2C(=O)C(NC(=O)c1cc2ccccc2s1)C(C)(C)C. The first-order valence-corrected chi connectivity index (χ1v) is 18.0. The molecule has 9 nitrogen and oxygen atoms in total. The fourth-order valence-corrected chi connectivity index (χ4v) is 9.07. The van der Waals surface area contributed by atoms with Crippen LogP contribution in [0.2, 0.25) is 10.0 Å². The number of halogens is 2. The largest absolute Gasteiger partial charge is 0.339 e. The number of rotatable bonds is 9. The lowest BCUT2D eigenvalue weighted by atomic mass is 9.85. The summed E-state index contributed by atoms with van der Waals surface area (Å²) in [7, 11) is -4.13. The van der Waals surface area contributed by atoms with Crippen molar-refractivity contribution in [2.75, 3.05) is 13.1 Å². The number of benzene rings is 2. The third-order valence-electron chi connectivity index (χ3n) is 8.33. The number of piperazine rings is 1. The van der Waals surface area contributed by atoms with Gasteiger partial charge in [0.25, 0.3) is 5.91 Å². The van der Waals surface area contributed by atoms with Crippen molar-refractivity contribution in [1.82, 2.24) is 19.8 Å². The van der Waals surface area contributed by atoms with Crippen molar-refractivity contribution in [1.29, 1.82) is 0 Å². The van der Waals surface area contributed by atoms with E-state index in [-0.39, 0.29) is 58.6 Å². The highest BCUT2D eigenvalue weighted by Crippen LogP contribution is 2.35. The molecule has 2 fully saturated rings. The predicted molar refractivity (Wildman–Crippen MR) is 178 cm³/mol. The average Bonchev–Trinajstić information content (AvgIpc) is 3.68. The summed E-state index contributed by atoms with van der Waals surface area (Å²) in [5.74, 6) is -0.789. The van der Waals surface area contributed by atoms with Gasteiger partial charge in [-0.25, -0.2) is 8.42 Å². The van der Waals surface area contributed by atoms with Crippen LogP contribution in [0.3, 0.4) is 0 Å². The van der Waals surface area contributed by atoms with E-state index in [9.17, 15) is 22.8 Å². The van der Waals surface area contributed by atoms with Crippen LogP contribution in [0.1, 0.15) is 57.1 Å². The van der Waals surface area contributed by atoms with Crippen molar-refractivity contribution in [3.8, 4) is 0 Å². The van der Waals surface area contributed by atoms with Gasteiger partial charge in [-0.05, 0) is 59.9 Å². The highest BCUT2D eigenvalue weighted by molar-refractivity contribution is 7.89. The number of nitrogens with one attached hydrogen (secondary N) is 2. The Hall–Kier alpha value is -2.70. The Morgan fingerprint density at radius 3 is 2.20 bits per heavy atom. The number of carbonyl (C=O) groups excluding carboxylic acids is 3. The molecule has 0 spiro atoms. The molecule has 3 amide bonds. The summed E-state index contributed by atoms with van der Waals surface area (Å²) in [6.45, 7) is 10.2. The van der Waals surface area contributed by atoms with E-state index in [0.29, 0.717) is 22.9 Å². The van der Waals surface area contributed by atoms with Crippen molar-refractivity contribution < 1.29 is 22.8 Å². The number of sulfonamides is 1. The first-order valence-electron chi connectivity index (χ1n) is 14.9. The molecule has 3 aromatic rings. The monoisotopic (exact) mass is 692 g/mol. The fraction of sp³-hybridized carbons (Fsp3) is 0.469. The zero-order valence-corrected chi connectivity index (χ0v) is 29.0. The first kappa shape index (κ1) is 33.7. The molecular formula is C32H38Cl2N4O5S2. The fourth-order valence-electron chi connectivity index (χ4n) is 6.13. The van der Waals surface area contributed by atoms with Gasteiger partial charge in [0.1, 0.15) is 17.0 Å².